The molecule has 0 unspecified atom stereocenters. The van der Waals surface area contributed by atoms with Gasteiger partial charge < -0.3 is 42.1 Å². The second kappa shape index (κ2) is 20.4. The van der Waals surface area contributed by atoms with Crippen molar-refractivity contribution in [2.24, 2.45) is 0 Å². The van der Waals surface area contributed by atoms with Crippen LogP contribution in [0.25, 0.3) is 0 Å². The van der Waals surface area contributed by atoms with Gasteiger partial charge in [0.25, 0.3) is 13.3 Å². The van der Waals surface area contributed by atoms with Crippen molar-refractivity contribution in [3.63, 3.8) is 0 Å². The Bertz CT molecular complexity index is 791. The SMILES string of the molecule is CC(C)OP(=S)(NC(=S)N1CCOCCOCCN(C(=S)NP(=S)(OC(C)C)OC(C)C)CCOCC1)OC(C)C. The summed E-state index contributed by atoms with van der Waals surface area (Å²) in [6, 6.07) is 0. The molecule has 41 heavy (non-hydrogen) atoms. The Morgan fingerprint density at radius 1 is 0.537 bits per heavy atom. The monoisotopic (exact) mass is 696 g/mol. The standard InChI is InChI=1S/C24H50N4O7P2S4/c1-19(2)32-36(40,33-20(3)4)25-23(38)27-9-13-29-14-10-28(12-16-31-18-17-30-15-11-27)24(39)26-37(41,34-21(5)6)35-22(7)8/h19-22H,9-18H2,1-8H3,(H,25,38,40)(H,26,39,41). The summed E-state index contributed by atoms with van der Waals surface area (Å²) in [4.78, 5) is 3.91. The first-order chi connectivity index (χ1) is 19.1. The number of nitrogens with one attached hydrogen (secondary N) is 2. The molecule has 11 nitrogen and oxygen atoms in total. The molecule has 1 aliphatic rings. The molecule has 2 N–H and O–H groups in total. The molecule has 0 radical (unpaired) electrons. The second-order valence-corrected chi connectivity index (χ2v) is 17.2. The number of ether oxygens (including phenoxy) is 3. The summed E-state index contributed by atoms with van der Waals surface area (Å²) in [6.45, 7) is 14.5. The highest BCUT2D eigenvalue weighted by Crippen LogP contribution is 2.47. The van der Waals surface area contributed by atoms with Gasteiger partial charge in [0.1, 0.15) is 0 Å². The molecule has 0 amide bonds. The van der Waals surface area contributed by atoms with E-state index in [2.05, 4.69) is 10.2 Å². The molecular formula is C24H50N4O7P2S4. The molecule has 0 saturated carbocycles. The summed E-state index contributed by atoms with van der Waals surface area (Å²) in [5, 5.41) is 7.24. The minimum atomic E-state index is -2.84. The highest BCUT2D eigenvalue weighted by atomic mass is 32.5. The second-order valence-electron chi connectivity index (χ2n) is 10.3. The topological polar surface area (TPSA) is 95.2 Å². The van der Waals surface area contributed by atoms with Crippen LogP contribution in [-0.4, -0.2) is 110 Å². The van der Waals surface area contributed by atoms with Crippen LogP contribution in [-0.2, 0) is 55.9 Å². The van der Waals surface area contributed by atoms with E-state index in [0.29, 0.717) is 76.0 Å². The fourth-order valence-electron chi connectivity index (χ4n) is 3.39. The highest BCUT2D eigenvalue weighted by molar-refractivity contribution is 8.09. The zero-order valence-electron chi connectivity index (χ0n) is 25.7. The first-order valence-electron chi connectivity index (χ1n) is 14.0. The lowest BCUT2D eigenvalue weighted by atomic mass is 10.5. The van der Waals surface area contributed by atoms with Crippen molar-refractivity contribution in [2.75, 3.05) is 65.8 Å². The van der Waals surface area contributed by atoms with Gasteiger partial charge in [-0.2, -0.15) is 0 Å². The molecule has 242 valence electrons. The van der Waals surface area contributed by atoms with Crippen molar-refractivity contribution in [3.05, 3.63) is 0 Å². The molecule has 0 aromatic heterocycles. The number of hydrogen-bond acceptors (Lipinski definition) is 11. The van der Waals surface area contributed by atoms with E-state index in [1.54, 1.807) is 0 Å². The fraction of sp³-hybridized carbons (Fsp3) is 0.917. The Morgan fingerprint density at radius 2 is 0.780 bits per heavy atom. The van der Waals surface area contributed by atoms with Gasteiger partial charge in [-0.25, -0.2) is 0 Å². The number of nitrogens with zero attached hydrogens (tertiary/aromatic N) is 2. The Morgan fingerprint density at radius 3 is 1.02 bits per heavy atom. The summed E-state index contributed by atoms with van der Waals surface area (Å²) in [5.41, 5.74) is 0. The molecule has 0 spiro atoms. The van der Waals surface area contributed by atoms with Crippen LogP contribution in [0.2, 0.25) is 0 Å². The predicted molar refractivity (Wildman–Crippen MR) is 181 cm³/mol. The highest BCUT2D eigenvalue weighted by Gasteiger charge is 2.27. The summed E-state index contributed by atoms with van der Waals surface area (Å²) in [7, 11) is 0. The Hall–Kier alpha value is 0.400. The van der Waals surface area contributed by atoms with Gasteiger partial charge in [0.05, 0.1) is 64.1 Å². The van der Waals surface area contributed by atoms with Gasteiger partial charge in [0.15, 0.2) is 10.2 Å². The number of hydrogen-bond donors (Lipinski definition) is 2. The van der Waals surface area contributed by atoms with E-state index in [1.807, 2.05) is 65.2 Å². The molecule has 1 saturated heterocycles. The minimum Gasteiger partial charge on any atom is -0.378 e. The van der Waals surface area contributed by atoms with Crippen molar-refractivity contribution in [1.29, 1.82) is 0 Å². The van der Waals surface area contributed by atoms with E-state index < -0.39 is 13.3 Å². The zero-order chi connectivity index (χ0) is 31.1. The van der Waals surface area contributed by atoms with E-state index in [0.717, 1.165) is 0 Å². The van der Waals surface area contributed by atoms with Crippen LogP contribution in [0.15, 0.2) is 0 Å². The van der Waals surface area contributed by atoms with Gasteiger partial charge in [0.2, 0.25) is 0 Å². The van der Waals surface area contributed by atoms with E-state index in [9.17, 15) is 0 Å². The van der Waals surface area contributed by atoms with Crippen LogP contribution < -0.4 is 10.2 Å². The third-order valence-corrected chi connectivity index (χ3v) is 11.2. The van der Waals surface area contributed by atoms with Gasteiger partial charge in [0, 0.05) is 26.2 Å². The normalized spacial score (nSPS) is 17.6. The van der Waals surface area contributed by atoms with Crippen molar-refractivity contribution < 1.29 is 32.3 Å². The smallest absolute Gasteiger partial charge is 0.289 e. The van der Waals surface area contributed by atoms with E-state index in [-0.39, 0.29) is 24.4 Å². The van der Waals surface area contributed by atoms with E-state index >= 15 is 0 Å². The fourth-order valence-corrected chi connectivity index (χ4v) is 10.7. The molecule has 0 aliphatic carbocycles. The van der Waals surface area contributed by atoms with E-state index in [4.69, 9.17) is 80.4 Å². The molecule has 0 atom stereocenters. The molecular weight excluding hydrogens is 647 g/mol. The van der Waals surface area contributed by atoms with Crippen molar-refractivity contribution in [3.8, 4) is 0 Å². The van der Waals surface area contributed by atoms with Gasteiger partial charge in [-0.05, 0) is 103 Å². The Labute approximate surface area is 268 Å². The molecule has 0 aromatic rings. The predicted octanol–water partition coefficient (Wildman–Crippen LogP) is 4.55. The first kappa shape index (κ1) is 39.4. The Kier molecular flexibility index (Phi) is 19.6. The van der Waals surface area contributed by atoms with Crippen LogP contribution in [0.3, 0.4) is 0 Å². The lowest BCUT2D eigenvalue weighted by Crippen LogP contribution is -2.44. The van der Waals surface area contributed by atoms with Gasteiger partial charge in [-0.15, -0.1) is 0 Å². The van der Waals surface area contributed by atoms with Crippen LogP contribution >= 0.6 is 37.7 Å². The summed E-state index contributed by atoms with van der Waals surface area (Å²) in [6.07, 6.45) is -0.464. The average Bonchev–Trinajstić information content (AvgIpc) is 2.80. The molecule has 1 fully saturated rings. The van der Waals surface area contributed by atoms with Gasteiger partial charge >= 0.3 is 0 Å². The molecule has 0 aromatic carbocycles. The van der Waals surface area contributed by atoms with E-state index in [1.165, 1.54) is 0 Å². The maximum absolute atomic E-state index is 5.99. The first-order valence-corrected chi connectivity index (χ1v) is 20.0. The van der Waals surface area contributed by atoms with Crippen molar-refractivity contribution in [2.45, 2.75) is 79.8 Å². The average molecular weight is 697 g/mol. The van der Waals surface area contributed by atoms with Crippen LogP contribution in [0, 0.1) is 0 Å². The maximum Gasteiger partial charge on any atom is 0.289 e. The van der Waals surface area contributed by atoms with Crippen LogP contribution in [0.5, 0.6) is 0 Å². The molecule has 1 rings (SSSR count). The number of rotatable bonds is 10. The molecule has 0 bridgehead atoms. The summed E-state index contributed by atoms with van der Waals surface area (Å²) in [5.74, 6) is 0. The minimum absolute atomic E-state index is 0.116. The van der Waals surface area contributed by atoms with Gasteiger partial charge in [-0.1, -0.05) is 0 Å². The van der Waals surface area contributed by atoms with Crippen LogP contribution in [0.4, 0.5) is 0 Å². The quantitative estimate of drug-likeness (QED) is 0.247. The lowest BCUT2D eigenvalue weighted by Gasteiger charge is -2.32. The number of thiocarbonyl (C=S) groups is 2. The third kappa shape index (κ3) is 18.1. The third-order valence-electron chi connectivity index (χ3n) is 4.83. The lowest BCUT2D eigenvalue weighted by molar-refractivity contribution is 0.0408. The summed E-state index contributed by atoms with van der Waals surface area (Å²) >= 11 is 22.9. The van der Waals surface area contributed by atoms with Crippen molar-refractivity contribution in [1.82, 2.24) is 20.0 Å². The molecule has 1 heterocycles. The Balaban J connectivity index is 2.88. The summed E-state index contributed by atoms with van der Waals surface area (Å²) < 4.78 is 41.4. The molecule has 17 heteroatoms. The maximum atomic E-state index is 5.99. The molecule has 1 aliphatic heterocycles. The van der Waals surface area contributed by atoms with Crippen LogP contribution in [0.1, 0.15) is 55.4 Å². The van der Waals surface area contributed by atoms with Crippen molar-refractivity contribution >= 4 is 71.6 Å². The van der Waals surface area contributed by atoms with Gasteiger partial charge in [-0.3, -0.25) is 10.2 Å². The zero-order valence-corrected chi connectivity index (χ0v) is 30.7. The largest absolute Gasteiger partial charge is 0.378 e.